The summed E-state index contributed by atoms with van der Waals surface area (Å²) in [6, 6.07) is 11.8. The number of anilines is 1. The van der Waals surface area contributed by atoms with Crippen LogP contribution in [0, 0.1) is 0 Å². The maximum Gasteiger partial charge on any atom is 0.251 e. The molecule has 0 spiro atoms. The number of aromatic amines is 1. The van der Waals surface area contributed by atoms with Crippen LogP contribution in [-0.4, -0.2) is 49.2 Å². The summed E-state index contributed by atoms with van der Waals surface area (Å²) in [5.74, 6) is 2.60. The zero-order chi connectivity index (χ0) is 21.4. The molecule has 1 aliphatic carbocycles. The molecule has 0 saturated heterocycles. The molecule has 2 aromatic carbocycles. The van der Waals surface area contributed by atoms with E-state index in [4.69, 9.17) is 14.5 Å². The second-order valence-electron chi connectivity index (χ2n) is 8.61. The van der Waals surface area contributed by atoms with E-state index in [9.17, 15) is 4.79 Å². The van der Waals surface area contributed by atoms with Gasteiger partial charge in [-0.05, 0) is 55.7 Å². The third-order valence-corrected chi connectivity index (χ3v) is 6.20. The Hall–Kier alpha value is -2.93. The highest BCUT2D eigenvalue weighted by Gasteiger charge is 2.27. The molecular formula is C24H29ClN4O3. The second-order valence-corrected chi connectivity index (χ2v) is 8.61. The van der Waals surface area contributed by atoms with Crippen LogP contribution in [0.15, 0.2) is 36.4 Å². The number of aromatic nitrogens is 2. The Morgan fingerprint density at radius 1 is 1.09 bits per heavy atom. The molecule has 32 heavy (non-hydrogen) atoms. The number of hydrogen-bond acceptors (Lipinski definition) is 5. The monoisotopic (exact) mass is 456 g/mol. The van der Waals surface area contributed by atoms with Gasteiger partial charge in [0, 0.05) is 37.3 Å². The van der Waals surface area contributed by atoms with E-state index in [0.29, 0.717) is 36.2 Å². The minimum Gasteiger partial charge on any atom is -0.486 e. The molecule has 5 rings (SSSR count). The number of benzene rings is 2. The lowest BCUT2D eigenvalue weighted by Crippen LogP contribution is -2.38. The van der Waals surface area contributed by atoms with Crippen LogP contribution in [-0.2, 0) is 0 Å². The summed E-state index contributed by atoms with van der Waals surface area (Å²) >= 11 is 0. The average molecular weight is 457 g/mol. The van der Waals surface area contributed by atoms with Gasteiger partial charge < -0.3 is 24.7 Å². The molecule has 2 unspecified atom stereocenters. The van der Waals surface area contributed by atoms with Crippen molar-refractivity contribution in [1.82, 2.24) is 15.3 Å². The number of hydrogen-bond donors (Lipinski definition) is 2. The van der Waals surface area contributed by atoms with E-state index >= 15 is 0 Å². The predicted molar refractivity (Wildman–Crippen MR) is 128 cm³/mol. The van der Waals surface area contributed by atoms with Crippen molar-refractivity contribution in [2.24, 2.45) is 0 Å². The molecule has 0 bridgehead atoms. The normalized spacial score (nSPS) is 19.8. The highest BCUT2D eigenvalue weighted by Crippen LogP contribution is 2.34. The number of nitrogens with one attached hydrogen (secondary N) is 2. The lowest BCUT2D eigenvalue weighted by Gasteiger charge is -2.29. The molecule has 170 valence electrons. The SMILES string of the molecule is CN(C)c1ccc2nc(C3CCCC(NC(=O)c4ccc5c(c4)OCCO5)C3)[nH]c2c1.Cl. The molecule has 7 nitrogen and oxygen atoms in total. The molecule has 1 fully saturated rings. The lowest BCUT2D eigenvalue weighted by atomic mass is 9.85. The van der Waals surface area contributed by atoms with E-state index in [0.717, 1.165) is 48.2 Å². The fourth-order valence-corrected chi connectivity index (χ4v) is 4.51. The molecule has 1 saturated carbocycles. The van der Waals surface area contributed by atoms with Crippen molar-refractivity contribution >= 4 is 35.0 Å². The first-order valence-electron chi connectivity index (χ1n) is 10.9. The summed E-state index contributed by atoms with van der Waals surface area (Å²) in [7, 11) is 4.07. The number of nitrogens with zero attached hydrogens (tertiary/aromatic N) is 2. The van der Waals surface area contributed by atoms with E-state index in [1.54, 1.807) is 12.1 Å². The molecule has 2 heterocycles. The number of imidazole rings is 1. The number of H-pyrrole nitrogens is 1. The van der Waals surface area contributed by atoms with E-state index in [-0.39, 0.29) is 24.4 Å². The van der Waals surface area contributed by atoms with Gasteiger partial charge in [-0.1, -0.05) is 6.42 Å². The lowest BCUT2D eigenvalue weighted by molar-refractivity contribution is 0.0923. The Bertz CT molecular complexity index is 1110. The maximum atomic E-state index is 12.8. The highest BCUT2D eigenvalue weighted by atomic mass is 35.5. The first kappa shape index (κ1) is 22.3. The standard InChI is InChI=1S/C24H28N4O3.ClH/c1-28(2)18-7-8-19-20(14-18)27-23(26-19)15-4-3-5-17(12-15)25-24(29)16-6-9-21-22(13-16)31-11-10-30-21;/h6-9,13-15,17H,3-5,10-12H2,1-2H3,(H,25,29)(H,26,27);1H. The van der Waals surface area contributed by atoms with Gasteiger partial charge in [0.15, 0.2) is 11.5 Å². The van der Waals surface area contributed by atoms with E-state index in [1.165, 1.54) is 0 Å². The Labute approximate surface area is 193 Å². The molecule has 1 amide bonds. The second kappa shape index (κ2) is 9.28. The third-order valence-electron chi connectivity index (χ3n) is 6.20. The number of rotatable bonds is 4. The molecule has 0 radical (unpaired) electrons. The van der Waals surface area contributed by atoms with E-state index in [2.05, 4.69) is 33.4 Å². The van der Waals surface area contributed by atoms with Gasteiger partial charge in [0.05, 0.1) is 11.0 Å². The van der Waals surface area contributed by atoms with Gasteiger partial charge >= 0.3 is 0 Å². The number of amides is 1. The first-order valence-corrected chi connectivity index (χ1v) is 10.9. The van der Waals surface area contributed by atoms with Crippen molar-refractivity contribution < 1.29 is 14.3 Å². The minimum absolute atomic E-state index is 0. The van der Waals surface area contributed by atoms with E-state index < -0.39 is 0 Å². The summed E-state index contributed by atoms with van der Waals surface area (Å²) in [6.45, 7) is 1.05. The molecule has 2 atom stereocenters. The van der Waals surface area contributed by atoms with Gasteiger partial charge in [-0.25, -0.2) is 4.98 Å². The van der Waals surface area contributed by atoms with Gasteiger partial charge in [-0.15, -0.1) is 12.4 Å². The van der Waals surface area contributed by atoms with Crippen molar-refractivity contribution in [3.63, 3.8) is 0 Å². The van der Waals surface area contributed by atoms with E-state index in [1.807, 2.05) is 20.2 Å². The number of ether oxygens (including phenoxy) is 2. The van der Waals surface area contributed by atoms with Crippen LogP contribution >= 0.6 is 12.4 Å². The summed E-state index contributed by atoms with van der Waals surface area (Å²) in [5, 5.41) is 3.22. The summed E-state index contributed by atoms with van der Waals surface area (Å²) in [4.78, 5) is 23.3. The molecule has 8 heteroatoms. The maximum absolute atomic E-state index is 12.8. The van der Waals surface area contributed by atoms with Crippen LogP contribution in [0.25, 0.3) is 11.0 Å². The molecule has 1 aliphatic heterocycles. The zero-order valence-electron chi connectivity index (χ0n) is 18.4. The fourth-order valence-electron chi connectivity index (χ4n) is 4.51. The Morgan fingerprint density at radius 2 is 1.91 bits per heavy atom. The number of carbonyl (C=O) groups is 1. The molecular weight excluding hydrogens is 428 g/mol. The Morgan fingerprint density at radius 3 is 2.72 bits per heavy atom. The van der Waals surface area contributed by atoms with Crippen molar-refractivity contribution in [3.8, 4) is 11.5 Å². The summed E-state index contributed by atoms with van der Waals surface area (Å²) in [6.07, 6.45) is 4.02. The van der Waals surface area contributed by atoms with Crippen LogP contribution in [0.1, 0.15) is 47.8 Å². The highest BCUT2D eigenvalue weighted by molar-refractivity contribution is 5.95. The summed E-state index contributed by atoms with van der Waals surface area (Å²) < 4.78 is 11.2. The largest absolute Gasteiger partial charge is 0.486 e. The Kier molecular flexibility index (Phi) is 6.46. The van der Waals surface area contributed by atoms with Crippen molar-refractivity contribution in [2.75, 3.05) is 32.2 Å². The van der Waals surface area contributed by atoms with Crippen LogP contribution < -0.4 is 19.7 Å². The summed E-state index contributed by atoms with van der Waals surface area (Å²) in [5.41, 5.74) is 3.80. The number of fused-ring (bicyclic) bond motifs is 2. The first-order chi connectivity index (χ1) is 15.1. The van der Waals surface area contributed by atoms with Crippen LogP contribution in [0.5, 0.6) is 11.5 Å². The fraction of sp³-hybridized carbons (Fsp3) is 0.417. The molecule has 1 aromatic heterocycles. The minimum atomic E-state index is -0.0668. The Balaban J connectivity index is 0.00000245. The van der Waals surface area contributed by atoms with Crippen LogP contribution in [0.2, 0.25) is 0 Å². The van der Waals surface area contributed by atoms with Gasteiger partial charge in [0.2, 0.25) is 0 Å². The molecule has 2 N–H and O–H groups in total. The van der Waals surface area contributed by atoms with Crippen molar-refractivity contribution in [3.05, 3.63) is 47.8 Å². The van der Waals surface area contributed by atoms with Gasteiger partial charge in [-0.3, -0.25) is 4.79 Å². The smallest absolute Gasteiger partial charge is 0.251 e. The molecule has 2 aliphatic rings. The quantitative estimate of drug-likeness (QED) is 0.612. The van der Waals surface area contributed by atoms with Gasteiger partial charge in [-0.2, -0.15) is 0 Å². The van der Waals surface area contributed by atoms with Crippen LogP contribution in [0.3, 0.4) is 0 Å². The molecule has 3 aromatic rings. The average Bonchev–Trinajstić information content (AvgIpc) is 3.22. The predicted octanol–water partition coefficient (Wildman–Crippen LogP) is 4.28. The van der Waals surface area contributed by atoms with Gasteiger partial charge in [0.1, 0.15) is 19.0 Å². The van der Waals surface area contributed by atoms with Crippen molar-refractivity contribution in [1.29, 1.82) is 0 Å². The number of halogens is 1. The number of carbonyl (C=O) groups excluding carboxylic acids is 1. The van der Waals surface area contributed by atoms with Gasteiger partial charge in [0.25, 0.3) is 5.91 Å². The third kappa shape index (κ3) is 4.48. The topological polar surface area (TPSA) is 79.5 Å². The van der Waals surface area contributed by atoms with Crippen LogP contribution in [0.4, 0.5) is 5.69 Å². The van der Waals surface area contributed by atoms with Crippen molar-refractivity contribution in [2.45, 2.75) is 37.6 Å². The zero-order valence-corrected chi connectivity index (χ0v) is 19.2.